The molecular formula is C14H26N4O2. The summed E-state index contributed by atoms with van der Waals surface area (Å²) in [6, 6.07) is 0.553. The molecule has 1 aliphatic carbocycles. The van der Waals surface area contributed by atoms with Gasteiger partial charge in [-0.1, -0.05) is 12.8 Å². The zero-order chi connectivity index (χ0) is 14.5. The molecule has 0 bridgehead atoms. The van der Waals surface area contributed by atoms with Crippen molar-refractivity contribution in [3.05, 3.63) is 0 Å². The molecule has 6 heteroatoms. The van der Waals surface area contributed by atoms with Crippen LogP contribution >= 0.6 is 0 Å². The van der Waals surface area contributed by atoms with Gasteiger partial charge in [-0.05, 0) is 12.8 Å². The van der Waals surface area contributed by atoms with Crippen molar-refractivity contribution in [2.45, 2.75) is 31.7 Å². The van der Waals surface area contributed by atoms with E-state index in [2.05, 4.69) is 5.32 Å². The van der Waals surface area contributed by atoms with Crippen LogP contribution in [-0.4, -0.2) is 79.5 Å². The largest absolute Gasteiger partial charge is 0.338 e. The van der Waals surface area contributed by atoms with Gasteiger partial charge in [0.2, 0.25) is 5.91 Å². The Morgan fingerprint density at radius 2 is 1.60 bits per heavy atom. The van der Waals surface area contributed by atoms with E-state index < -0.39 is 0 Å². The predicted molar refractivity (Wildman–Crippen MR) is 77.5 cm³/mol. The summed E-state index contributed by atoms with van der Waals surface area (Å²) < 4.78 is 0. The van der Waals surface area contributed by atoms with E-state index >= 15 is 0 Å². The summed E-state index contributed by atoms with van der Waals surface area (Å²) in [6.45, 7) is 2.99. The van der Waals surface area contributed by atoms with E-state index in [9.17, 15) is 9.59 Å². The number of carbonyl (C=O) groups is 2. The van der Waals surface area contributed by atoms with E-state index in [4.69, 9.17) is 0 Å². The minimum atomic E-state index is 0.0289. The highest BCUT2D eigenvalue weighted by molar-refractivity contribution is 5.79. The first-order valence-corrected chi connectivity index (χ1v) is 7.55. The van der Waals surface area contributed by atoms with Crippen LogP contribution in [0.25, 0.3) is 0 Å². The van der Waals surface area contributed by atoms with Crippen LogP contribution in [0.4, 0.5) is 4.79 Å². The van der Waals surface area contributed by atoms with Crippen LogP contribution < -0.4 is 5.32 Å². The van der Waals surface area contributed by atoms with Crippen molar-refractivity contribution in [1.82, 2.24) is 20.0 Å². The maximum Gasteiger partial charge on any atom is 0.319 e. The molecule has 1 saturated heterocycles. The second-order valence-electron chi connectivity index (χ2n) is 5.91. The third-order valence-electron chi connectivity index (χ3n) is 4.18. The van der Waals surface area contributed by atoms with Crippen LogP contribution in [0.2, 0.25) is 0 Å². The van der Waals surface area contributed by atoms with Gasteiger partial charge in [-0.3, -0.25) is 4.79 Å². The predicted octanol–water partition coefficient (Wildman–Crippen LogP) is 0.344. The van der Waals surface area contributed by atoms with Gasteiger partial charge in [0.1, 0.15) is 0 Å². The van der Waals surface area contributed by atoms with Gasteiger partial charge in [0.15, 0.2) is 0 Å². The highest BCUT2D eigenvalue weighted by atomic mass is 16.2. The Morgan fingerprint density at radius 3 is 2.15 bits per heavy atom. The van der Waals surface area contributed by atoms with Gasteiger partial charge in [-0.2, -0.15) is 0 Å². The number of nitrogens with zero attached hydrogens (tertiary/aromatic N) is 3. The van der Waals surface area contributed by atoms with Crippen molar-refractivity contribution in [3.63, 3.8) is 0 Å². The van der Waals surface area contributed by atoms with Crippen molar-refractivity contribution in [2.24, 2.45) is 0 Å². The molecule has 20 heavy (non-hydrogen) atoms. The highest BCUT2D eigenvalue weighted by Gasteiger charge is 2.25. The SMILES string of the molecule is CN(C)C(=O)N1CCN(C(=O)CNC2CCCC2)CC1. The number of hydrogen-bond acceptors (Lipinski definition) is 3. The quantitative estimate of drug-likeness (QED) is 0.812. The second kappa shape index (κ2) is 6.92. The molecule has 114 valence electrons. The molecule has 2 aliphatic rings. The average Bonchev–Trinajstić information content (AvgIpc) is 2.97. The lowest BCUT2D eigenvalue weighted by Crippen LogP contribution is -2.54. The molecule has 1 saturated carbocycles. The number of amides is 3. The fraction of sp³-hybridized carbons (Fsp3) is 0.857. The normalized spacial score (nSPS) is 20.3. The number of piperazine rings is 1. The maximum absolute atomic E-state index is 12.1. The summed E-state index contributed by atoms with van der Waals surface area (Å²) in [7, 11) is 3.51. The zero-order valence-electron chi connectivity index (χ0n) is 12.6. The summed E-state index contributed by atoms with van der Waals surface area (Å²) in [6.07, 6.45) is 4.94. The Morgan fingerprint density at radius 1 is 1.05 bits per heavy atom. The summed E-state index contributed by atoms with van der Waals surface area (Å²) in [4.78, 5) is 29.2. The Bertz CT molecular complexity index is 345. The van der Waals surface area contributed by atoms with E-state index in [-0.39, 0.29) is 11.9 Å². The van der Waals surface area contributed by atoms with E-state index in [0.717, 1.165) is 0 Å². The highest BCUT2D eigenvalue weighted by Crippen LogP contribution is 2.17. The first-order valence-electron chi connectivity index (χ1n) is 7.55. The second-order valence-corrected chi connectivity index (χ2v) is 5.91. The van der Waals surface area contributed by atoms with E-state index in [1.165, 1.54) is 25.7 Å². The van der Waals surface area contributed by atoms with Gasteiger partial charge in [-0.15, -0.1) is 0 Å². The molecule has 0 radical (unpaired) electrons. The summed E-state index contributed by atoms with van der Waals surface area (Å²) in [5.41, 5.74) is 0. The molecule has 0 aromatic carbocycles. The monoisotopic (exact) mass is 282 g/mol. The van der Waals surface area contributed by atoms with Crippen molar-refractivity contribution in [1.29, 1.82) is 0 Å². The van der Waals surface area contributed by atoms with Crippen LogP contribution in [-0.2, 0) is 4.79 Å². The Labute approximate surface area is 121 Å². The van der Waals surface area contributed by atoms with Gasteiger partial charge in [0, 0.05) is 46.3 Å². The van der Waals surface area contributed by atoms with Gasteiger partial charge >= 0.3 is 6.03 Å². The molecule has 0 spiro atoms. The summed E-state index contributed by atoms with van der Waals surface area (Å²) in [5, 5.41) is 3.35. The van der Waals surface area contributed by atoms with Crippen molar-refractivity contribution in [2.75, 3.05) is 46.8 Å². The molecular weight excluding hydrogens is 256 g/mol. The topological polar surface area (TPSA) is 55.9 Å². The lowest BCUT2D eigenvalue weighted by Gasteiger charge is -2.36. The Kier molecular flexibility index (Phi) is 5.23. The first kappa shape index (κ1) is 15.1. The van der Waals surface area contributed by atoms with Gasteiger partial charge < -0.3 is 20.0 Å². The summed E-state index contributed by atoms with van der Waals surface area (Å²) >= 11 is 0. The molecule has 0 aromatic heterocycles. The minimum absolute atomic E-state index is 0.0289. The maximum atomic E-state index is 12.1. The van der Waals surface area contributed by atoms with Crippen LogP contribution in [0.15, 0.2) is 0 Å². The number of hydrogen-bond donors (Lipinski definition) is 1. The number of nitrogens with one attached hydrogen (secondary N) is 1. The van der Waals surface area contributed by atoms with Gasteiger partial charge in [0.25, 0.3) is 0 Å². The molecule has 1 aliphatic heterocycles. The molecule has 0 aromatic rings. The number of carbonyl (C=O) groups excluding carboxylic acids is 2. The van der Waals surface area contributed by atoms with Crippen LogP contribution in [0, 0.1) is 0 Å². The van der Waals surface area contributed by atoms with Crippen molar-refractivity contribution in [3.8, 4) is 0 Å². The van der Waals surface area contributed by atoms with Gasteiger partial charge in [-0.25, -0.2) is 4.79 Å². The fourth-order valence-corrected chi connectivity index (χ4v) is 2.90. The van der Waals surface area contributed by atoms with Crippen molar-refractivity contribution < 1.29 is 9.59 Å². The zero-order valence-corrected chi connectivity index (χ0v) is 12.6. The van der Waals surface area contributed by atoms with Crippen LogP contribution in [0.3, 0.4) is 0 Å². The fourth-order valence-electron chi connectivity index (χ4n) is 2.90. The van der Waals surface area contributed by atoms with E-state index in [1.807, 2.05) is 4.90 Å². The number of rotatable bonds is 3. The standard InChI is InChI=1S/C14H26N4O2/c1-16(2)14(20)18-9-7-17(8-10-18)13(19)11-15-12-5-3-4-6-12/h12,15H,3-11H2,1-2H3. The molecule has 3 amide bonds. The molecule has 0 atom stereocenters. The lowest BCUT2D eigenvalue weighted by atomic mass is 10.2. The van der Waals surface area contributed by atoms with Crippen LogP contribution in [0.1, 0.15) is 25.7 Å². The molecule has 6 nitrogen and oxygen atoms in total. The van der Waals surface area contributed by atoms with Gasteiger partial charge in [0.05, 0.1) is 6.54 Å². The molecule has 0 unspecified atom stereocenters. The summed E-state index contributed by atoms with van der Waals surface area (Å²) in [5.74, 6) is 0.161. The average molecular weight is 282 g/mol. The third kappa shape index (κ3) is 3.85. The minimum Gasteiger partial charge on any atom is -0.338 e. The molecule has 2 fully saturated rings. The lowest BCUT2D eigenvalue weighted by molar-refractivity contribution is -0.131. The molecule has 1 heterocycles. The molecule has 1 N–H and O–H groups in total. The third-order valence-corrected chi connectivity index (χ3v) is 4.18. The smallest absolute Gasteiger partial charge is 0.319 e. The van der Waals surface area contributed by atoms with Crippen LogP contribution in [0.5, 0.6) is 0 Å². The van der Waals surface area contributed by atoms with E-state index in [1.54, 1.807) is 23.9 Å². The molecule has 2 rings (SSSR count). The number of urea groups is 1. The Hall–Kier alpha value is -1.30. The first-order chi connectivity index (χ1) is 9.58. The Balaban J connectivity index is 1.70. The van der Waals surface area contributed by atoms with E-state index in [0.29, 0.717) is 38.8 Å². The van der Waals surface area contributed by atoms with Crippen molar-refractivity contribution >= 4 is 11.9 Å².